The number of nitrogens with zero attached hydrogens (tertiary/aromatic N) is 3. The van der Waals surface area contributed by atoms with Gasteiger partial charge in [0.25, 0.3) is 10.0 Å². The first-order valence-electron chi connectivity index (χ1n) is 12.4. The topological polar surface area (TPSA) is 101 Å². The Kier molecular flexibility index (Phi) is 8.17. The largest absolute Gasteiger partial charge is 0.497 e. The van der Waals surface area contributed by atoms with Gasteiger partial charge < -0.3 is 19.7 Å². The average Bonchev–Trinajstić information content (AvgIpc) is 3.55. The van der Waals surface area contributed by atoms with Crippen LogP contribution in [0.2, 0.25) is 0 Å². The third kappa shape index (κ3) is 6.57. The number of carbonyl (C=O) groups is 1. The zero-order valence-corrected chi connectivity index (χ0v) is 23.9. The van der Waals surface area contributed by atoms with Crippen molar-refractivity contribution < 1.29 is 22.7 Å². The Balaban J connectivity index is 1.50. The lowest BCUT2D eigenvalue weighted by Crippen LogP contribution is -2.36. The van der Waals surface area contributed by atoms with E-state index in [2.05, 4.69) is 10.3 Å². The molecule has 0 radical (unpaired) electrons. The average molecular weight is 559 g/mol. The standard InChI is InChI=1S/C27H34N4O5S2/c1-19-14-23(10-11-24(19)29-21-12-13-30(16-21)26(32)36-27(2,3)4)38(33,34)31(25-17-37-18-28-25)15-20-6-8-22(35-5)9-7-20/h6-11,14,17-18,21,29H,12-13,15-16H2,1-5H3. The first-order chi connectivity index (χ1) is 18.0. The van der Waals surface area contributed by atoms with E-state index in [1.54, 1.807) is 53.2 Å². The van der Waals surface area contributed by atoms with Crippen LogP contribution >= 0.6 is 11.3 Å². The molecule has 38 heavy (non-hydrogen) atoms. The quantitative estimate of drug-likeness (QED) is 0.402. The molecular weight excluding hydrogens is 524 g/mol. The smallest absolute Gasteiger partial charge is 0.410 e. The van der Waals surface area contributed by atoms with Gasteiger partial charge in [0.15, 0.2) is 5.82 Å². The Labute approximate surface area is 228 Å². The lowest BCUT2D eigenvalue weighted by atomic mass is 10.1. The number of nitrogens with one attached hydrogen (secondary N) is 1. The molecule has 3 aromatic rings. The maximum absolute atomic E-state index is 13.8. The minimum Gasteiger partial charge on any atom is -0.497 e. The van der Waals surface area contributed by atoms with Gasteiger partial charge in [0.05, 0.1) is 24.1 Å². The van der Waals surface area contributed by atoms with E-state index in [9.17, 15) is 13.2 Å². The lowest BCUT2D eigenvalue weighted by molar-refractivity contribution is 0.0293. The molecule has 0 aliphatic carbocycles. The van der Waals surface area contributed by atoms with Crippen molar-refractivity contribution in [3.05, 3.63) is 64.5 Å². The summed E-state index contributed by atoms with van der Waals surface area (Å²) >= 11 is 1.34. The summed E-state index contributed by atoms with van der Waals surface area (Å²) in [6.07, 6.45) is 0.456. The van der Waals surface area contributed by atoms with Crippen molar-refractivity contribution in [2.75, 3.05) is 29.8 Å². The number of aryl methyl sites for hydroxylation is 1. The van der Waals surface area contributed by atoms with Crippen molar-refractivity contribution in [1.82, 2.24) is 9.88 Å². The van der Waals surface area contributed by atoms with Crippen LogP contribution in [-0.4, -0.2) is 56.2 Å². The van der Waals surface area contributed by atoms with Crippen molar-refractivity contribution in [2.24, 2.45) is 0 Å². The monoisotopic (exact) mass is 558 g/mol. The van der Waals surface area contributed by atoms with Crippen molar-refractivity contribution in [3.63, 3.8) is 0 Å². The van der Waals surface area contributed by atoms with Crippen molar-refractivity contribution in [3.8, 4) is 5.75 Å². The van der Waals surface area contributed by atoms with Gasteiger partial charge in [-0.2, -0.15) is 0 Å². The van der Waals surface area contributed by atoms with Gasteiger partial charge in [-0.05, 0) is 75.6 Å². The zero-order valence-electron chi connectivity index (χ0n) is 22.3. The summed E-state index contributed by atoms with van der Waals surface area (Å²) in [5.41, 5.74) is 3.51. The van der Waals surface area contributed by atoms with Gasteiger partial charge in [0, 0.05) is 30.2 Å². The summed E-state index contributed by atoms with van der Waals surface area (Å²) in [6, 6.07) is 12.4. The molecule has 1 aliphatic heterocycles. The number of aromatic nitrogens is 1. The van der Waals surface area contributed by atoms with E-state index in [1.807, 2.05) is 39.8 Å². The fourth-order valence-electron chi connectivity index (χ4n) is 4.19. The van der Waals surface area contributed by atoms with E-state index in [0.29, 0.717) is 24.7 Å². The molecule has 4 rings (SSSR count). The third-order valence-corrected chi connectivity index (χ3v) is 8.47. The van der Waals surface area contributed by atoms with E-state index >= 15 is 0 Å². The van der Waals surface area contributed by atoms with Crippen LogP contribution in [0.25, 0.3) is 0 Å². The maximum Gasteiger partial charge on any atom is 0.410 e. The maximum atomic E-state index is 13.8. The van der Waals surface area contributed by atoms with Gasteiger partial charge >= 0.3 is 6.09 Å². The number of rotatable bonds is 8. The summed E-state index contributed by atoms with van der Waals surface area (Å²) in [4.78, 5) is 18.6. The van der Waals surface area contributed by atoms with Gasteiger partial charge in [-0.15, -0.1) is 11.3 Å². The van der Waals surface area contributed by atoms with Crippen LogP contribution in [0.1, 0.15) is 38.3 Å². The number of hydrogen-bond donors (Lipinski definition) is 1. The molecule has 0 bridgehead atoms. The minimum atomic E-state index is -3.89. The Hall–Kier alpha value is -3.31. The van der Waals surface area contributed by atoms with Crippen LogP contribution in [0.5, 0.6) is 5.75 Å². The molecule has 0 saturated carbocycles. The number of thiazole rings is 1. The number of anilines is 2. The molecule has 1 atom stereocenters. The fourth-order valence-corrected chi connectivity index (χ4v) is 6.28. The predicted octanol–water partition coefficient (Wildman–Crippen LogP) is 5.28. The van der Waals surface area contributed by atoms with Crippen molar-refractivity contribution in [2.45, 2.75) is 57.2 Å². The minimum absolute atomic E-state index is 0.0465. The van der Waals surface area contributed by atoms with Gasteiger partial charge in [-0.25, -0.2) is 22.5 Å². The highest BCUT2D eigenvalue weighted by molar-refractivity contribution is 7.92. The van der Waals surface area contributed by atoms with Crippen LogP contribution in [0, 0.1) is 6.92 Å². The van der Waals surface area contributed by atoms with Gasteiger partial charge in [-0.3, -0.25) is 0 Å². The number of ether oxygens (including phenoxy) is 2. The number of sulfonamides is 1. The molecule has 1 aliphatic rings. The fraction of sp³-hybridized carbons (Fsp3) is 0.407. The highest BCUT2D eigenvalue weighted by atomic mass is 32.2. The predicted molar refractivity (Wildman–Crippen MR) is 149 cm³/mol. The van der Waals surface area contributed by atoms with E-state index < -0.39 is 15.6 Å². The van der Waals surface area contributed by atoms with E-state index in [0.717, 1.165) is 23.2 Å². The highest BCUT2D eigenvalue weighted by Crippen LogP contribution is 2.29. The summed E-state index contributed by atoms with van der Waals surface area (Å²) in [7, 11) is -2.30. The SMILES string of the molecule is COc1ccc(CN(c2cscn2)S(=O)(=O)c2ccc(NC3CCN(C(=O)OC(C)(C)C)C3)c(C)c2)cc1. The molecule has 1 N–H and O–H groups in total. The molecular formula is C27H34N4O5S2. The number of likely N-dealkylation sites (tertiary alicyclic amines) is 1. The molecule has 1 fully saturated rings. The first kappa shape index (κ1) is 27.7. The second-order valence-corrected chi connectivity index (χ2v) is 12.8. The summed E-state index contributed by atoms with van der Waals surface area (Å²) in [6.45, 7) is 8.68. The highest BCUT2D eigenvalue weighted by Gasteiger charge is 2.31. The molecule has 9 nitrogen and oxygen atoms in total. The van der Waals surface area contributed by atoms with Crippen molar-refractivity contribution >= 4 is 39.0 Å². The molecule has 2 aromatic carbocycles. The Morgan fingerprint density at radius 1 is 1.21 bits per heavy atom. The summed E-state index contributed by atoms with van der Waals surface area (Å²) < 4.78 is 39.6. The van der Waals surface area contributed by atoms with Crippen LogP contribution in [-0.2, 0) is 21.3 Å². The van der Waals surface area contributed by atoms with Gasteiger partial charge in [0.2, 0.25) is 0 Å². The third-order valence-electron chi connectivity index (χ3n) is 6.15. The van der Waals surface area contributed by atoms with Crippen molar-refractivity contribution in [1.29, 1.82) is 0 Å². The first-order valence-corrected chi connectivity index (χ1v) is 14.7. The molecule has 204 valence electrons. The summed E-state index contributed by atoms with van der Waals surface area (Å²) in [5.74, 6) is 1.07. The number of amides is 1. The summed E-state index contributed by atoms with van der Waals surface area (Å²) in [5, 5.41) is 5.19. The van der Waals surface area contributed by atoms with Gasteiger partial charge in [-0.1, -0.05) is 12.1 Å². The second-order valence-electron chi connectivity index (χ2n) is 10.2. The number of hydrogen-bond acceptors (Lipinski definition) is 8. The normalized spacial score (nSPS) is 15.8. The zero-order chi connectivity index (χ0) is 27.5. The number of benzene rings is 2. The molecule has 0 spiro atoms. The Morgan fingerprint density at radius 3 is 2.55 bits per heavy atom. The van der Waals surface area contributed by atoms with Crippen LogP contribution in [0.4, 0.5) is 16.3 Å². The molecule has 1 unspecified atom stereocenters. The number of methoxy groups -OCH3 is 1. The Bertz CT molecular complexity index is 1350. The lowest BCUT2D eigenvalue weighted by Gasteiger charge is -2.25. The molecule has 2 heterocycles. The van der Waals surface area contributed by atoms with E-state index in [4.69, 9.17) is 9.47 Å². The van der Waals surface area contributed by atoms with Crippen LogP contribution in [0.15, 0.2) is 58.3 Å². The molecule has 1 aromatic heterocycles. The van der Waals surface area contributed by atoms with E-state index in [1.165, 1.54) is 15.6 Å². The second kappa shape index (κ2) is 11.2. The number of carbonyl (C=O) groups excluding carboxylic acids is 1. The van der Waals surface area contributed by atoms with Gasteiger partial charge in [0.1, 0.15) is 11.4 Å². The van der Waals surface area contributed by atoms with Crippen LogP contribution in [0.3, 0.4) is 0 Å². The molecule has 1 saturated heterocycles. The molecule has 11 heteroatoms. The Morgan fingerprint density at radius 2 is 1.95 bits per heavy atom. The van der Waals surface area contributed by atoms with E-state index in [-0.39, 0.29) is 23.6 Å². The van der Waals surface area contributed by atoms with Crippen LogP contribution < -0.4 is 14.4 Å². The molecule has 1 amide bonds.